The molecule has 3 heteroatoms. The Balaban J connectivity index is 2.99. The number of Topliss-reactive ketones (excluding diaryl/α,β-unsaturated/α-hetero) is 1. The van der Waals surface area contributed by atoms with Crippen LogP contribution < -0.4 is 0 Å². The van der Waals surface area contributed by atoms with Crippen molar-refractivity contribution in [2.45, 2.75) is 13.3 Å². The number of ketones is 1. The topological polar surface area (TPSA) is 57.5 Å². The molecule has 0 fully saturated rings. The summed E-state index contributed by atoms with van der Waals surface area (Å²) < 4.78 is 0. The molecule has 70 valence electrons. The van der Waals surface area contributed by atoms with Crippen LogP contribution in [0.5, 0.6) is 5.75 Å². The van der Waals surface area contributed by atoms with Crippen molar-refractivity contribution in [2.75, 3.05) is 6.61 Å². The van der Waals surface area contributed by atoms with Crippen molar-refractivity contribution in [3.8, 4) is 5.75 Å². The Morgan fingerprint density at radius 1 is 1.46 bits per heavy atom. The van der Waals surface area contributed by atoms with E-state index in [4.69, 9.17) is 5.11 Å². The molecule has 1 aromatic carbocycles. The molecule has 3 nitrogen and oxygen atoms in total. The fraction of sp³-hybridized carbons (Fsp3) is 0.300. The van der Waals surface area contributed by atoms with Crippen LogP contribution in [-0.4, -0.2) is 22.6 Å². The van der Waals surface area contributed by atoms with Crippen LogP contribution in [0.4, 0.5) is 0 Å². The number of aliphatic hydroxyl groups is 1. The highest BCUT2D eigenvalue weighted by molar-refractivity contribution is 5.98. The molecule has 0 atom stereocenters. The van der Waals surface area contributed by atoms with E-state index in [0.29, 0.717) is 0 Å². The summed E-state index contributed by atoms with van der Waals surface area (Å²) in [4.78, 5) is 11.3. The number of aryl methyl sites for hydroxylation is 1. The van der Waals surface area contributed by atoms with E-state index in [1.807, 2.05) is 6.92 Å². The molecule has 0 unspecified atom stereocenters. The van der Waals surface area contributed by atoms with Gasteiger partial charge in [0.15, 0.2) is 5.78 Å². The lowest BCUT2D eigenvalue weighted by Gasteiger charge is -2.03. The van der Waals surface area contributed by atoms with Gasteiger partial charge in [-0.15, -0.1) is 0 Å². The first kappa shape index (κ1) is 9.74. The number of aliphatic hydroxyl groups excluding tert-OH is 1. The molecular weight excluding hydrogens is 168 g/mol. The molecule has 0 radical (unpaired) electrons. The monoisotopic (exact) mass is 180 g/mol. The van der Waals surface area contributed by atoms with Crippen LogP contribution in [0.2, 0.25) is 0 Å². The number of phenols is 1. The van der Waals surface area contributed by atoms with Crippen LogP contribution >= 0.6 is 0 Å². The maximum atomic E-state index is 11.3. The first-order valence-corrected chi connectivity index (χ1v) is 4.09. The second-order valence-corrected chi connectivity index (χ2v) is 2.92. The molecule has 0 amide bonds. The minimum atomic E-state index is -0.233. The van der Waals surface area contributed by atoms with E-state index in [0.717, 1.165) is 5.56 Å². The van der Waals surface area contributed by atoms with Gasteiger partial charge < -0.3 is 10.2 Å². The lowest BCUT2D eigenvalue weighted by atomic mass is 10.0. The summed E-state index contributed by atoms with van der Waals surface area (Å²) in [6.07, 6.45) is 0.0526. The summed E-state index contributed by atoms with van der Waals surface area (Å²) in [5.74, 6) is -0.257. The molecule has 0 aliphatic heterocycles. The third-order valence-electron chi connectivity index (χ3n) is 1.79. The average Bonchev–Trinajstić information content (AvgIpc) is 2.09. The van der Waals surface area contributed by atoms with Crippen LogP contribution in [0.15, 0.2) is 18.2 Å². The van der Waals surface area contributed by atoms with Gasteiger partial charge in [0.2, 0.25) is 0 Å². The van der Waals surface area contributed by atoms with Crippen LogP contribution in [0.25, 0.3) is 0 Å². The van der Waals surface area contributed by atoms with Gasteiger partial charge in [0.05, 0.1) is 12.2 Å². The van der Waals surface area contributed by atoms with E-state index < -0.39 is 0 Å². The number of aromatic hydroxyl groups is 1. The predicted molar refractivity (Wildman–Crippen MR) is 48.9 cm³/mol. The van der Waals surface area contributed by atoms with Gasteiger partial charge in [0, 0.05) is 6.42 Å². The molecule has 2 N–H and O–H groups in total. The zero-order valence-corrected chi connectivity index (χ0v) is 7.45. The molecule has 0 saturated heterocycles. The van der Waals surface area contributed by atoms with E-state index >= 15 is 0 Å². The number of hydrogen-bond donors (Lipinski definition) is 2. The van der Waals surface area contributed by atoms with Gasteiger partial charge >= 0.3 is 0 Å². The van der Waals surface area contributed by atoms with E-state index in [9.17, 15) is 9.90 Å². The second kappa shape index (κ2) is 4.05. The normalized spacial score (nSPS) is 10.0. The smallest absolute Gasteiger partial charge is 0.168 e. The van der Waals surface area contributed by atoms with Gasteiger partial charge in [-0.1, -0.05) is 11.6 Å². The SMILES string of the molecule is Cc1ccc(O)c(C(=O)CCO)c1. The van der Waals surface area contributed by atoms with Crippen molar-refractivity contribution < 1.29 is 15.0 Å². The van der Waals surface area contributed by atoms with Gasteiger partial charge in [-0.25, -0.2) is 0 Å². The Bertz CT molecular complexity index is 318. The molecular formula is C10H12O3. The fourth-order valence-electron chi connectivity index (χ4n) is 1.11. The van der Waals surface area contributed by atoms with Crippen molar-refractivity contribution >= 4 is 5.78 Å². The minimum Gasteiger partial charge on any atom is -0.507 e. The van der Waals surface area contributed by atoms with E-state index in [2.05, 4.69) is 0 Å². The highest BCUT2D eigenvalue weighted by atomic mass is 16.3. The Morgan fingerprint density at radius 2 is 2.15 bits per heavy atom. The lowest BCUT2D eigenvalue weighted by Crippen LogP contribution is -2.02. The number of benzene rings is 1. The van der Waals surface area contributed by atoms with Crippen LogP contribution in [-0.2, 0) is 0 Å². The molecule has 0 spiro atoms. The van der Waals surface area contributed by atoms with Gasteiger partial charge in [0.25, 0.3) is 0 Å². The highest BCUT2D eigenvalue weighted by Gasteiger charge is 2.09. The van der Waals surface area contributed by atoms with E-state index in [1.54, 1.807) is 12.1 Å². The third-order valence-corrected chi connectivity index (χ3v) is 1.79. The first-order valence-electron chi connectivity index (χ1n) is 4.09. The summed E-state index contributed by atoms with van der Waals surface area (Å²) in [5.41, 5.74) is 1.20. The van der Waals surface area contributed by atoms with Gasteiger partial charge in [-0.2, -0.15) is 0 Å². The maximum absolute atomic E-state index is 11.3. The number of rotatable bonds is 3. The summed E-state index contributed by atoms with van der Waals surface area (Å²) in [6.45, 7) is 1.65. The van der Waals surface area contributed by atoms with Gasteiger partial charge in [-0.05, 0) is 19.1 Å². The molecule has 0 bridgehead atoms. The average molecular weight is 180 g/mol. The van der Waals surface area contributed by atoms with Crippen molar-refractivity contribution in [1.29, 1.82) is 0 Å². The van der Waals surface area contributed by atoms with Crippen molar-refractivity contribution in [3.05, 3.63) is 29.3 Å². The molecule has 0 heterocycles. The van der Waals surface area contributed by atoms with Crippen LogP contribution in [0, 0.1) is 6.92 Å². The minimum absolute atomic E-state index is 0.0240. The van der Waals surface area contributed by atoms with Crippen LogP contribution in [0.3, 0.4) is 0 Å². The van der Waals surface area contributed by atoms with Crippen LogP contribution in [0.1, 0.15) is 22.3 Å². The Hall–Kier alpha value is -1.35. The molecule has 0 saturated carbocycles. The molecule has 1 aromatic rings. The number of carbonyl (C=O) groups excluding carboxylic acids is 1. The van der Waals surface area contributed by atoms with Crippen molar-refractivity contribution in [1.82, 2.24) is 0 Å². The summed E-state index contributed by atoms with van der Waals surface area (Å²) in [6, 6.07) is 4.83. The number of carbonyl (C=O) groups is 1. The fourth-order valence-corrected chi connectivity index (χ4v) is 1.11. The third kappa shape index (κ3) is 2.29. The first-order chi connectivity index (χ1) is 6.15. The van der Waals surface area contributed by atoms with E-state index in [1.165, 1.54) is 6.07 Å². The Morgan fingerprint density at radius 3 is 2.77 bits per heavy atom. The van der Waals surface area contributed by atoms with Gasteiger partial charge in [0.1, 0.15) is 5.75 Å². The number of phenolic OH excluding ortho intramolecular Hbond substituents is 1. The van der Waals surface area contributed by atoms with Gasteiger partial charge in [-0.3, -0.25) is 4.79 Å². The predicted octanol–water partition coefficient (Wildman–Crippen LogP) is 1.27. The summed E-state index contributed by atoms with van der Waals surface area (Å²) in [5, 5.41) is 17.9. The molecule has 13 heavy (non-hydrogen) atoms. The van der Waals surface area contributed by atoms with Crippen molar-refractivity contribution in [2.24, 2.45) is 0 Å². The zero-order valence-electron chi connectivity index (χ0n) is 7.45. The number of hydrogen-bond acceptors (Lipinski definition) is 3. The van der Waals surface area contributed by atoms with E-state index in [-0.39, 0.29) is 30.1 Å². The van der Waals surface area contributed by atoms with Crippen molar-refractivity contribution in [3.63, 3.8) is 0 Å². The maximum Gasteiger partial charge on any atom is 0.168 e. The molecule has 0 aromatic heterocycles. The lowest BCUT2D eigenvalue weighted by molar-refractivity contribution is 0.0954. The second-order valence-electron chi connectivity index (χ2n) is 2.92. The Labute approximate surface area is 76.6 Å². The standard InChI is InChI=1S/C10H12O3/c1-7-2-3-9(12)8(6-7)10(13)4-5-11/h2-3,6,11-12H,4-5H2,1H3. The molecule has 0 aliphatic carbocycles. The molecule has 0 aliphatic rings. The molecule has 1 rings (SSSR count). The zero-order chi connectivity index (χ0) is 9.84. The quantitative estimate of drug-likeness (QED) is 0.688. The summed E-state index contributed by atoms with van der Waals surface area (Å²) in [7, 11) is 0. The Kier molecular flexibility index (Phi) is 3.03. The highest BCUT2D eigenvalue weighted by Crippen LogP contribution is 2.19. The summed E-state index contributed by atoms with van der Waals surface area (Å²) >= 11 is 0. The largest absolute Gasteiger partial charge is 0.507 e.